The van der Waals surface area contributed by atoms with Crippen molar-refractivity contribution in [3.05, 3.63) is 48.2 Å². The third-order valence-corrected chi connectivity index (χ3v) is 5.69. The first-order chi connectivity index (χ1) is 14.1. The van der Waals surface area contributed by atoms with Gasteiger partial charge in [0.25, 0.3) is 0 Å². The summed E-state index contributed by atoms with van der Waals surface area (Å²) < 4.78 is 0. The number of rotatable bonds is 5. The number of aromatic nitrogens is 1. The molecule has 2 N–H and O–H groups in total. The van der Waals surface area contributed by atoms with Gasteiger partial charge in [0, 0.05) is 44.2 Å². The molecule has 2 aliphatic heterocycles. The minimum absolute atomic E-state index is 0.00491. The molecule has 1 fully saturated rings. The van der Waals surface area contributed by atoms with Crippen molar-refractivity contribution < 1.29 is 9.59 Å². The third kappa shape index (κ3) is 4.74. The van der Waals surface area contributed by atoms with Gasteiger partial charge in [-0.3, -0.25) is 9.59 Å². The van der Waals surface area contributed by atoms with Gasteiger partial charge in [-0.2, -0.15) is 0 Å². The number of hydrogen-bond acceptors (Lipinski definition) is 5. The van der Waals surface area contributed by atoms with Gasteiger partial charge in [0.15, 0.2) is 0 Å². The average Bonchev–Trinajstić information content (AvgIpc) is 2.73. The zero-order valence-corrected chi connectivity index (χ0v) is 16.7. The summed E-state index contributed by atoms with van der Waals surface area (Å²) in [5.41, 5.74) is 2.69. The van der Waals surface area contributed by atoms with Crippen LogP contribution >= 0.6 is 0 Å². The fourth-order valence-electron chi connectivity index (χ4n) is 3.86. The zero-order valence-electron chi connectivity index (χ0n) is 16.7. The Bertz CT molecular complexity index is 875. The predicted octanol–water partition coefficient (Wildman–Crippen LogP) is 2.36. The lowest BCUT2D eigenvalue weighted by atomic mass is 9.89. The summed E-state index contributed by atoms with van der Waals surface area (Å²) in [5.74, 6) is 0.669. The van der Waals surface area contributed by atoms with Crippen LogP contribution in [0, 0.1) is 5.92 Å². The van der Waals surface area contributed by atoms with Crippen molar-refractivity contribution in [3.63, 3.8) is 0 Å². The highest BCUT2D eigenvalue weighted by Crippen LogP contribution is 2.27. The Morgan fingerprint density at radius 2 is 1.97 bits per heavy atom. The minimum atomic E-state index is -0.173. The molecule has 0 saturated carbocycles. The molecule has 3 heterocycles. The van der Waals surface area contributed by atoms with Crippen LogP contribution in [0.3, 0.4) is 0 Å². The summed E-state index contributed by atoms with van der Waals surface area (Å²) >= 11 is 0. The molecule has 0 aliphatic carbocycles. The molecular formula is C22H27N5O2. The number of carbonyl (C=O) groups is 2. The van der Waals surface area contributed by atoms with Crippen molar-refractivity contribution in [1.29, 1.82) is 0 Å². The molecule has 0 radical (unpaired) electrons. The number of nitrogens with one attached hydrogen (secondary N) is 2. The molecule has 1 aromatic carbocycles. The number of carbonyl (C=O) groups excluding carboxylic acids is 2. The smallest absolute Gasteiger partial charge is 0.227 e. The zero-order chi connectivity index (χ0) is 20.2. The van der Waals surface area contributed by atoms with Crippen molar-refractivity contribution >= 4 is 29.0 Å². The first-order valence-electron chi connectivity index (χ1n) is 10.2. The van der Waals surface area contributed by atoms with Crippen LogP contribution in [0.25, 0.3) is 0 Å². The number of piperazine rings is 1. The summed E-state index contributed by atoms with van der Waals surface area (Å²) in [6.45, 7) is 3.97. The Labute approximate surface area is 171 Å². The van der Waals surface area contributed by atoms with E-state index in [0.29, 0.717) is 24.9 Å². The highest BCUT2D eigenvalue weighted by Gasteiger charge is 2.26. The Kier molecular flexibility index (Phi) is 5.76. The molecule has 0 bridgehead atoms. The molecule has 4 rings (SSSR count). The van der Waals surface area contributed by atoms with Crippen molar-refractivity contribution in [3.8, 4) is 0 Å². The number of nitrogens with zero attached hydrogens (tertiary/aromatic N) is 3. The van der Waals surface area contributed by atoms with E-state index < -0.39 is 0 Å². The summed E-state index contributed by atoms with van der Waals surface area (Å²) in [7, 11) is 2.12. The normalized spacial score (nSPS) is 19.4. The highest BCUT2D eigenvalue weighted by atomic mass is 16.2. The fourth-order valence-corrected chi connectivity index (χ4v) is 3.86. The standard InChI is InChI=1S/C22H27N5O2/c1-26-10-12-27(13-11-26)20-8-7-18(15-23-20)24-21(28)9-6-17-14-16-4-2-3-5-19(16)25-22(17)29/h2-5,7-8,15,17H,6,9-14H2,1H3,(H,24,28)(H,25,29). The fraction of sp³-hybridized carbons (Fsp3) is 0.409. The van der Waals surface area contributed by atoms with Crippen molar-refractivity contribution in [1.82, 2.24) is 9.88 Å². The largest absolute Gasteiger partial charge is 0.354 e. The summed E-state index contributed by atoms with van der Waals surface area (Å²) in [4.78, 5) is 33.7. The van der Waals surface area contributed by atoms with E-state index in [2.05, 4.69) is 32.5 Å². The highest BCUT2D eigenvalue weighted by molar-refractivity contribution is 5.96. The number of pyridine rings is 1. The maximum atomic E-state index is 12.3. The number of hydrogen-bond donors (Lipinski definition) is 2. The lowest BCUT2D eigenvalue weighted by Gasteiger charge is -2.33. The van der Waals surface area contributed by atoms with Gasteiger partial charge in [0.2, 0.25) is 11.8 Å². The second-order valence-electron chi connectivity index (χ2n) is 7.83. The van der Waals surface area contributed by atoms with Crippen LogP contribution in [0.5, 0.6) is 0 Å². The van der Waals surface area contributed by atoms with Crippen LogP contribution in [-0.4, -0.2) is 54.9 Å². The number of anilines is 3. The molecule has 7 heteroatoms. The van der Waals surface area contributed by atoms with E-state index in [1.807, 2.05) is 36.4 Å². The molecule has 1 atom stereocenters. The maximum absolute atomic E-state index is 12.3. The quantitative estimate of drug-likeness (QED) is 0.816. The van der Waals surface area contributed by atoms with Crippen molar-refractivity contribution in [2.45, 2.75) is 19.3 Å². The molecule has 29 heavy (non-hydrogen) atoms. The predicted molar refractivity (Wildman–Crippen MR) is 114 cm³/mol. The molecule has 1 saturated heterocycles. The Morgan fingerprint density at radius 3 is 2.72 bits per heavy atom. The molecule has 1 aromatic heterocycles. The van der Waals surface area contributed by atoms with Gasteiger partial charge in [0.05, 0.1) is 11.9 Å². The van der Waals surface area contributed by atoms with Gasteiger partial charge in [0.1, 0.15) is 5.82 Å². The van der Waals surface area contributed by atoms with Gasteiger partial charge < -0.3 is 20.4 Å². The van der Waals surface area contributed by atoms with Gasteiger partial charge in [-0.25, -0.2) is 4.98 Å². The van der Waals surface area contributed by atoms with Gasteiger partial charge in [-0.15, -0.1) is 0 Å². The molecule has 2 aromatic rings. The number of likely N-dealkylation sites (N-methyl/N-ethyl adjacent to an activating group) is 1. The lowest BCUT2D eigenvalue weighted by molar-refractivity contribution is -0.121. The summed E-state index contributed by atoms with van der Waals surface area (Å²) in [5, 5.41) is 5.83. The first-order valence-corrected chi connectivity index (χ1v) is 10.2. The van der Waals surface area contributed by atoms with E-state index in [-0.39, 0.29) is 17.7 Å². The van der Waals surface area contributed by atoms with E-state index in [1.165, 1.54) is 0 Å². The van der Waals surface area contributed by atoms with Gasteiger partial charge in [-0.1, -0.05) is 18.2 Å². The van der Waals surface area contributed by atoms with Crippen LogP contribution in [-0.2, 0) is 16.0 Å². The van der Waals surface area contributed by atoms with Crippen LogP contribution in [0.4, 0.5) is 17.2 Å². The van der Waals surface area contributed by atoms with Crippen LogP contribution in [0.2, 0.25) is 0 Å². The molecule has 2 aliphatic rings. The summed E-state index contributed by atoms with van der Waals surface area (Å²) in [6, 6.07) is 11.7. The number of para-hydroxylation sites is 1. The monoisotopic (exact) mass is 393 g/mol. The molecule has 2 amide bonds. The van der Waals surface area contributed by atoms with E-state index in [9.17, 15) is 9.59 Å². The minimum Gasteiger partial charge on any atom is -0.354 e. The topological polar surface area (TPSA) is 77.6 Å². The van der Waals surface area contributed by atoms with Crippen molar-refractivity contribution in [2.75, 3.05) is 48.8 Å². The molecule has 7 nitrogen and oxygen atoms in total. The molecule has 152 valence electrons. The SMILES string of the molecule is CN1CCN(c2ccc(NC(=O)CCC3Cc4ccccc4NC3=O)cn2)CC1. The average molecular weight is 393 g/mol. The second kappa shape index (κ2) is 8.61. The molecular weight excluding hydrogens is 366 g/mol. The van der Waals surface area contributed by atoms with Gasteiger partial charge in [-0.05, 0) is 43.7 Å². The Morgan fingerprint density at radius 1 is 1.17 bits per heavy atom. The number of amides is 2. The number of fused-ring (bicyclic) bond motifs is 1. The second-order valence-corrected chi connectivity index (χ2v) is 7.83. The maximum Gasteiger partial charge on any atom is 0.227 e. The van der Waals surface area contributed by atoms with E-state index in [1.54, 1.807) is 6.20 Å². The van der Waals surface area contributed by atoms with Crippen LogP contribution in [0.1, 0.15) is 18.4 Å². The third-order valence-electron chi connectivity index (χ3n) is 5.69. The lowest BCUT2D eigenvalue weighted by Crippen LogP contribution is -2.44. The van der Waals surface area contributed by atoms with Crippen LogP contribution < -0.4 is 15.5 Å². The molecule has 0 spiro atoms. The van der Waals surface area contributed by atoms with Crippen molar-refractivity contribution in [2.24, 2.45) is 5.92 Å². The van der Waals surface area contributed by atoms with E-state index in [0.717, 1.165) is 43.2 Å². The Balaban J connectivity index is 1.27. The Hall–Kier alpha value is -2.93. The van der Waals surface area contributed by atoms with Crippen LogP contribution in [0.15, 0.2) is 42.6 Å². The van der Waals surface area contributed by atoms with E-state index >= 15 is 0 Å². The molecule has 1 unspecified atom stereocenters. The van der Waals surface area contributed by atoms with E-state index in [4.69, 9.17) is 0 Å². The van der Waals surface area contributed by atoms with Gasteiger partial charge >= 0.3 is 0 Å². The number of benzene rings is 1. The summed E-state index contributed by atoms with van der Waals surface area (Å²) in [6.07, 6.45) is 3.21. The first kappa shape index (κ1) is 19.4.